The molecule has 0 aromatic heterocycles. The molecule has 0 aliphatic heterocycles. The van der Waals surface area contributed by atoms with Crippen molar-refractivity contribution in [3.05, 3.63) is 11.6 Å². The van der Waals surface area contributed by atoms with E-state index >= 15 is 0 Å². The number of allylic oxidation sites excluding steroid dienone is 2. The first kappa shape index (κ1) is 7.84. The lowest BCUT2D eigenvalue weighted by Crippen LogP contribution is -1.88. The Hall–Kier alpha value is -0.260. The van der Waals surface area contributed by atoms with Crippen LogP contribution in [0.4, 0.5) is 0 Å². The van der Waals surface area contributed by atoms with Crippen LogP contribution in [-0.4, -0.2) is 0 Å². The third-order valence-electron chi connectivity index (χ3n) is 2.34. The SMILES string of the molecule is CCC1=CCCCCCC1. The molecule has 0 aromatic rings. The summed E-state index contributed by atoms with van der Waals surface area (Å²) in [6, 6.07) is 0. The zero-order valence-corrected chi connectivity index (χ0v) is 7.03. The molecule has 58 valence electrons. The average molecular weight is 138 g/mol. The van der Waals surface area contributed by atoms with Gasteiger partial charge >= 0.3 is 0 Å². The molecular formula is C10H18. The molecule has 0 nitrogen and oxygen atoms in total. The van der Waals surface area contributed by atoms with Gasteiger partial charge in [0.2, 0.25) is 0 Å². The van der Waals surface area contributed by atoms with Crippen molar-refractivity contribution >= 4 is 0 Å². The smallest absolute Gasteiger partial charge is 0.0320 e. The maximum atomic E-state index is 2.46. The monoisotopic (exact) mass is 138 g/mol. The summed E-state index contributed by atoms with van der Waals surface area (Å²) in [6.45, 7) is 2.27. The second kappa shape index (κ2) is 4.54. The van der Waals surface area contributed by atoms with E-state index in [2.05, 4.69) is 13.0 Å². The van der Waals surface area contributed by atoms with Crippen LogP contribution >= 0.6 is 0 Å². The second-order valence-corrected chi connectivity index (χ2v) is 3.17. The molecule has 0 N–H and O–H groups in total. The van der Waals surface area contributed by atoms with E-state index in [-0.39, 0.29) is 0 Å². The average Bonchev–Trinajstić information content (AvgIpc) is 1.87. The normalized spacial score (nSPS) is 21.1. The summed E-state index contributed by atoms with van der Waals surface area (Å²) < 4.78 is 0. The third-order valence-corrected chi connectivity index (χ3v) is 2.34. The van der Waals surface area contributed by atoms with E-state index in [0.717, 1.165) is 0 Å². The van der Waals surface area contributed by atoms with Crippen molar-refractivity contribution in [1.82, 2.24) is 0 Å². The van der Waals surface area contributed by atoms with E-state index in [0.29, 0.717) is 0 Å². The van der Waals surface area contributed by atoms with E-state index in [1.54, 1.807) is 5.57 Å². The molecule has 0 aromatic carbocycles. The lowest BCUT2D eigenvalue weighted by Gasteiger charge is -2.08. The molecule has 10 heavy (non-hydrogen) atoms. The molecule has 1 rings (SSSR count). The predicted octanol–water partition coefficient (Wildman–Crippen LogP) is 3.68. The topological polar surface area (TPSA) is 0 Å². The molecule has 0 saturated heterocycles. The molecule has 0 spiro atoms. The van der Waals surface area contributed by atoms with Crippen molar-refractivity contribution in [1.29, 1.82) is 0 Å². The lowest BCUT2D eigenvalue weighted by molar-refractivity contribution is 0.618. The quantitative estimate of drug-likeness (QED) is 0.485. The lowest BCUT2D eigenvalue weighted by atomic mass is 9.99. The van der Waals surface area contributed by atoms with Crippen molar-refractivity contribution in [2.45, 2.75) is 51.9 Å². The molecule has 0 atom stereocenters. The van der Waals surface area contributed by atoms with Crippen LogP contribution in [0.3, 0.4) is 0 Å². The van der Waals surface area contributed by atoms with Gasteiger partial charge in [0.1, 0.15) is 0 Å². The van der Waals surface area contributed by atoms with Gasteiger partial charge in [0.15, 0.2) is 0 Å². The Morgan fingerprint density at radius 3 is 2.80 bits per heavy atom. The summed E-state index contributed by atoms with van der Waals surface area (Å²) in [5.41, 5.74) is 1.69. The van der Waals surface area contributed by atoms with E-state index in [4.69, 9.17) is 0 Å². The van der Waals surface area contributed by atoms with Gasteiger partial charge in [-0.1, -0.05) is 31.4 Å². The highest BCUT2D eigenvalue weighted by atomic mass is 14.0. The molecule has 1 aliphatic rings. The molecule has 0 amide bonds. The minimum atomic E-state index is 1.28. The van der Waals surface area contributed by atoms with E-state index in [9.17, 15) is 0 Å². The fraction of sp³-hybridized carbons (Fsp3) is 0.800. The fourth-order valence-corrected chi connectivity index (χ4v) is 1.58. The van der Waals surface area contributed by atoms with Gasteiger partial charge in [-0.05, 0) is 32.1 Å². The fourth-order valence-electron chi connectivity index (χ4n) is 1.58. The summed E-state index contributed by atoms with van der Waals surface area (Å²) in [4.78, 5) is 0. The van der Waals surface area contributed by atoms with E-state index < -0.39 is 0 Å². The molecule has 0 unspecified atom stereocenters. The summed E-state index contributed by atoms with van der Waals surface area (Å²) in [5, 5.41) is 0. The molecule has 1 aliphatic carbocycles. The van der Waals surface area contributed by atoms with E-state index in [1.165, 1.54) is 44.9 Å². The van der Waals surface area contributed by atoms with Crippen LogP contribution in [0.2, 0.25) is 0 Å². The van der Waals surface area contributed by atoms with Crippen LogP contribution in [0, 0.1) is 0 Å². The molecule has 0 heterocycles. The Bertz CT molecular complexity index is 111. The Morgan fingerprint density at radius 2 is 2.00 bits per heavy atom. The summed E-state index contributed by atoms with van der Waals surface area (Å²) >= 11 is 0. The number of rotatable bonds is 1. The van der Waals surface area contributed by atoms with Crippen molar-refractivity contribution in [2.75, 3.05) is 0 Å². The van der Waals surface area contributed by atoms with Crippen molar-refractivity contribution in [3.8, 4) is 0 Å². The van der Waals surface area contributed by atoms with Gasteiger partial charge < -0.3 is 0 Å². The molecule has 0 saturated carbocycles. The predicted molar refractivity (Wildman–Crippen MR) is 46.1 cm³/mol. The van der Waals surface area contributed by atoms with Crippen LogP contribution in [0.25, 0.3) is 0 Å². The Labute approximate surface area is 64.3 Å². The zero-order chi connectivity index (χ0) is 7.23. The summed E-state index contributed by atoms with van der Waals surface area (Å²) in [7, 11) is 0. The van der Waals surface area contributed by atoms with Gasteiger partial charge in [-0.25, -0.2) is 0 Å². The van der Waals surface area contributed by atoms with Gasteiger partial charge in [-0.15, -0.1) is 0 Å². The standard InChI is InChI=1S/C10H18/c1-2-10-8-6-4-3-5-7-9-10/h8H,2-7,9H2,1H3. The molecule has 0 radical (unpaired) electrons. The Kier molecular flexibility index (Phi) is 3.56. The minimum absolute atomic E-state index is 1.28. The van der Waals surface area contributed by atoms with Crippen LogP contribution in [0.15, 0.2) is 11.6 Å². The van der Waals surface area contributed by atoms with Crippen molar-refractivity contribution in [3.63, 3.8) is 0 Å². The van der Waals surface area contributed by atoms with Crippen molar-refractivity contribution < 1.29 is 0 Å². The zero-order valence-electron chi connectivity index (χ0n) is 7.03. The van der Waals surface area contributed by atoms with Crippen LogP contribution in [0.5, 0.6) is 0 Å². The molecular weight excluding hydrogens is 120 g/mol. The first-order valence-electron chi connectivity index (χ1n) is 4.61. The van der Waals surface area contributed by atoms with Gasteiger partial charge in [-0.3, -0.25) is 0 Å². The Balaban J connectivity index is 2.35. The molecule has 0 bridgehead atoms. The highest BCUT2D eigenvalue weighted by molar-refractivity contribution is 5.01. The molecule has 0 heteroatoms. The van der Waals surface area contributed by atoms with Crippen LogP contribution in [-0.2, 0) is 0 Å². The maximum absolute atomic E-state index is 2.46. The van der Waals surface area contributed by atoms with Crippen LogP contribution < -0.4 is 0 Å². The van der Waals surface area contributed by atoms with Gasteiger partial charge in [0.05, 0.1) is 0 Å². The van der Waals surface area contributed by atoms with Gasteiger partial charge in [0.25, 0.3) is 0 Å². The third kappa shape index (κ3) is 2.55. The highest BCUT2D eigenvalue weighted by Gasteiger charge is 1.98. The second-order valence-electron chi connectivity index (χ2n) is 3.17. The number of hydrogen-bond donors (Lipinski definition) is 0. The van der Waals surface area contributed by atoms with Gasteiger partial charge in [-0.2, -0.15) is 0 Å². The first-order valence-corrected chi connectivity index (χ1v) is 4.61. The molecule has 0 fully saturated rings. The van der Waals surface area contributed by atoms with Gasteiger partial charge in [0, 0.05) is 0 Å². The van der Waals surface area contributed by atoms with E-state index in [1.807, 2.05) is 0 Å². The van der Waals surface area contributed by atoms with Crippen LogP contribution in [0.1, 0.15) is 51.9 Å². The van der Waals surface area contributed by atoms with Crippen molar-refractivity contribution in [2.24, 2.45) is 0 Å². The first-order chi connectivity index (χ1) is 4.93. The summed E-state index contributed by atoms with van der Waals surface area (Å²) in [5.74, 6) is 0. The maximum Gasteiger partial charge on any atom is -0.0320 e. The number of hydrogen-bond acceptors (Lipinski definition) is 0. The largest absolute Gasteiger partial charge is 0.0853 e. The summed E-state index contributed by atoms with van der Waals surface area (Å²) in [6.07, 6.45) is 12.2. The minimum Gasteiger partial charge on any atom is -0.0853 e. The Morgan fingerprint density at radius 1 is 1.20 bits per heavy atom. The highest BCUT2D eigenvalue weighted by Crippen LogP contribution is 2.18.